The number of aromatic nitrogens is 1. The first-order chi connectivity index (χ1) is 9.95. The molecule has 1 amide bonds. The van der Waals surface area contributed by atoms with Crippen molar-refractivity contribution in [1.29, 1.82) is 0 Å². The number of thiazole rings is 1. The average molecular weight is 369 g/mol. The van der Waals surface area contributed by atoms with E-state index in [0.717, 1.165) is 10.0 Å². The Labute approximate surface area is 134 Å². The Bertz CT molecular complexity index is 654. The van der Waals surface area contributed by atoms with E-state index in [-0.39, 0.29) is 24.1 Å². The monoisotopic (exact) mass is 368 g/mol. The van der Waals surface area contributed by atoms with Crippen molar-refractivity contribution in [3.05, 3.63) is 50.4 Å². The van der Waals surface area contributed by atoms with Crippen molar-refractivity contribution in [3.63, 3.8) is 0 Å². The van der Waals surface area contributed by atoms with Gasteiger partial charge < -0.3 is 10.4 Å². The molecule has 21 heavy (non-hydrogen) atoms. The van der Waals surface area contributed by atoms with Crippen LogP contribution in [0.5, 0.6) is 0 Å². The van der Waals surface area contributed by atoms with Crippen LogP contribution in [0.1, 0.15) is 34.0 Å². The highest BCUT2D eigenvalue weighted by molar-refractivity contribution is 9.10. The second-order valence-corrected chi connectivity index (χ2v) is 6.27. The van der Waals surface area contributed by atoms with Crippen molar-refractivity contribution in [2.75, 3.05) is 0 Å². The maximum Gasteiger partial charge on any atom is 0.355 e. The Balaban J connectivity index is 1.95. The third-order valence-corrected chi connectivity index (χ3v) is 4.32. The number of aromatic carboxylic acids is 1. The van der Waals surface area contributed by atoms with Crippen LogP contribution in [0, 0.1) is 0 Å². The Morgan fingerprint density at radius 1 is 1.38 bits per heavy atom. The lowest BCUT2D eigenvalue weighted by Gasteiger charge is -2.11. The molecule has 0 aliphatic heterocycles. The maximum absolute atomic E-state index is 12.0. The summed E-state index contributed by atoms with van der Waals surface area (Å²) in [4.78, 5) is 26.7. The second kappa shape index (κ2) is 6.82. The number of halogens is 1. The van der Waals surface area contributed by atoms with Gasteiger partial charge in [-0.15, -0.1) is 11.3 Å². The highest BCUT2D eigenvalue weighted by atomic mass is 79.9. The molecule has 0 fully saturated rings. The Hall–Kier alpha value is -1.73. The first-order valence-electron chi connectivity index (χ1n) is 6.18. The van der Waals surface area contributed by atoms with Crippen molar-refractivity contribution < 1.29 is 14.7 Å². The molecule has 1 atom stereocenters. The average Bonchev–Trinajstić information content (AvgIpc) is 2.91. The fourth-order valence-electron chi connectivity index (χ4n) is 1.73. The molecule has 0 aliphatic rings. The maximum atomic E-state index is 12.0. The summed E-state index contributed by atoms with van der Waals surface area (Å²) in [7, 11) is 0. The first-order valence-corrected chi connectivity index (χ1v) is 7.85. The third kappa shape index (κ3) is 4.37. The van der Waals surface area contributed by atoms with Gasteiger partial charge in [0.2, 0.25) is 5.91 Å². The fraction of sp³-hybridized carbons (Fsp3) is 0.214. The van der Waals surface area contributed by atoms with Crippen LogP contribution in [0.2, 0.25) is 0 Å². The van der Waals surface area contributed by atoms with Crippen LogP contribution in [-0.2, 0) is 11.2 Å². The lowest BCUT2D eigenvalue weighted by Crippen LogP contribution is -2.28. The molecule has 0 spiro atoms. The molecule has 5 nitrogen and oxygen atoms in total. The van der Waals surface area contributed by atoms with E-state index < -0.39 is 5.97 Å². The first kappa shape index (κ1) is 15.7. The number of amides is 1. The van der Waals surface area contributed by atoms with Gasteiger partial charge in [0.1, 0.15) is 5.01 Å². The number of hydrogen-bond donors (Lipinski definition) is 2. The van der Waals surface area contributed by atoms with Crippen LogP contribution in [-0.4, -0.2) is 22.0 Å². The summed E-state index contributed by atoms with van der Waals surface area (Å²) in [5, 5.41) is 13.7. The third-order valence-electron chi connectivity index (χ3n) is 2.77. The summed E-state index contributed by atoms with van der Waals surface area (Å²) < 4.78 is 0.962. The summed E-state index contributed by atoms with van der Waals surface area (Å²) in [6, 6.07) is 7.20. The SMILES string of the molecule is CC(NC(=O)Cc1ccc(Br)cc1)c1nc(C(=O)O)cs1. The molecule has 7 heteroatoms. The topological polar surface area (TPSA) is 79.3 Å². The van der Waals surface area contributed by atoms with E-state index in [4.69, 9.17) is 5.11 Å². The molecule has 0 aliphatic carbocycles. The predicted molar refractivity (Wildman–Crippen MR) is 83.5 cm³/mol. The van der Waals surface area contributed by atoms with Gasteiger partial charge in [0.15, 0.2) is 5.69 Å². The summed E-state index contributed by atoms with van der Waals surface area (Å²) in [5.74, 6) is -1.19. The molecule has 1 aromatic carbocycles. The van der Waals surface area contributed by atoms with Gasteiger partial charge in [-0.05, 0) is 24.6 Å². The molecule has 1 unspecified atom stereocenters. The van der Waals surface area contributed by atoms with E-state index in [1.807, 2.05) is 24.3 Å². The van der Waals surface area contributed by atoms with Crippen LogP contribution in [0.25, 0.3) is 0 Å². The number of benzene rings is 1. The zero-order valence-electron chi connectivity index (χ0n) is 11.2. The Kier molecular flexibility index (Phi) is 5.08. The number of carboxylic acids is 1. The molecule has 1 aromatic heterocycles. The normalized spacial score (nSPS) is 11.9. The molecule has 0 saturated heterocycles. The zero-order valence-corrected chi connectivity index (χ0v) is 13.6. The predicted octanol–water partition coefficient (Wildman–Crippen LogP) is 3.02. The quantitative estimate of drug-likeness (QED) is 0.849. The standard InChI is InChI=1S/C14H13BrN2O3S/c1-8(13-17-11(7-21-13)14(19)20)16-12(18)6-9-2-4-10(15)5-3-9/h2-5,7-8H,6H2,1H3,(H,16,18)(H,19,20). The molecule has 0 bridgehead atoms. The second-order valence-electron chi connectivity index (χ2n) is 4.47. The minimum absolute atomic E-state index is 0.00371. The van der Waals surface area contributed by atoms with Gasteiger partial charge in [0.25, 0.3) is 0 Å². The number of carboxylic acid groups (broad SMARTS) is 1. The molecule has 2 rings (SSSR count). The minimum Gasteiger partial charge on any atom is -0.476 e. The van der Waals surface area contributed by atoms with Crippen molar-refractivity contribution in [1.82, 2.24) is 10.3 Å². The Morgan fingerprint density at radius 3 is 2.62 bits per heavy atom. The molecule has 0 saturated carbocycles. The van der Waals surface area contributed by atoms with E-state index >= 15 is 0 Å². The number of carbonyl (C=O) groups is 2. The summed E-state index contributed by atoms with van der Waals surface area (Å²) in [6.45, 7) is 1.78. The number of hydrogen-bond acceptors (Lipinski definition) is 4. The van der Waals surface area contributed by atoms with Gasteiger partial charge >= 0.3 is 5.97 Å². The van der Waals surface area contributed by atoms with Gasteiger partial charge in [-0.2, -0.15) is 0 Å². The van der Waals surface area contributed by atoms with Crippen LogP contribution in [0.4, 0.5) is 0 Å². The van der Waals surface area contributed by atoms with Gasteiger partial charge in [-0.1, -0.05) is 28.1 Å². The van der Waals surface area contributed by atoms with Crippen molar-refractivity contribution in [2.45, 2.75) is 19.4 Å². The highest BCUT2D eigenvalue weighted by Crippen LogP contribution is 2.18. The molecule has 1 heterocycles. The highest BCUT2D eigenvalue weighted by Gasteiger charge is 2.16. The number of nitrogens with zero attached hydrogens (tertiary/aromatic N) is 1. The van der Waals surface area contributed by atoms with E-state index in [1.165, 1.54) is 16.7 Å². The van der Waals surface area contributed by atoms with Crippen molar-refractivity contribution in [2.24, 2.45) is 0 Å². The summed E-state index contributed by atoms with van der Waals surface area (Å²) >= 11 is 4.56. The lowest BCUT2D eigenvalue weighted by molar-refractivity contribution is -0.121. The minimum atomic E-state index is -1.06. The number of nitrogens with one attached hydrogen (secondary N) is 1. The Morgan fingerprint density at radius 2 is 2.05 bits per heavy atom. The fourth-order valence-corrected chi connectivity index (χ4v) is 2.79. The van der Waals surface area contributed by atoms with Crippen molar-refractivity contribution in [3.8, 4) is 0 Å². The smallest absolute Gasteiger partial charge is 0.355 e. The summed E-state index contributed by atoms with van der Waals surface area (Å²) in [5.41, 5.74) is 0.914. The lowest BCUT2D eigenvalue weighted by atomic mass is 10.1. The van der Waals surface area contributed by atoms with Gasteiger partial charge in [-0.3, -0.25) is 4.79 Å². The molecular weight excluding hydrogens is 356 g/mol. The van der Waals surface area contributed by atoms with E-state index in [0.29, 0.717) is 5.01 Å². The molecule has 2 N–H and O–H groups in total. The van der Waals surface area contributed by atoms with Crippen LogP contribution in [0.3, 0.4) is 0 Å². The molecular formula is C14H13BrN2O3S. The van der Waals surface area contributed by atoms with E-state index in [9.17, 15) is 9.59 Å². The molecule has 2 aromatic rings. The van der Waals surface area contributed by atoms with Gasteiger partial charge in [0, 0.05) is 9.85 Å². The molecule has 0 radical (unpaired) electrons. The van der Waals surface area contributed by atoms with Crippen LogP contribution >= 0.6 is 27.3 Å². The van der Waals surface area contributed by atoms with Crippen LogP contribution < -0.4 is 5.32 Å². The molecule has 110 valence electrons. The largest absolute Gasteiger partial charge is 0.476 e. The van der Waals surface area contributed by atoms with Gasteiger partial charge in [-0.25, -0.2) is 9.78 Å². The number of rotatable bonds is 5. The van der Waals surface area contributed by atoms with E-state index in [1.54, 1.807) is 6.92 Å². The van der Waals surface area contributed by atoms with Gasteiger partial charge in [0.05, 0.1) is 12.5 Å². The van der Waals surface area contributed by atoms with Crippen molar-refractivity contribution >= 4 is 39.1 Å². The zero-order chi connectivity index (χ0) is 15.4. The number of carbonyl (C=O) groups excluding carboxylic acids is 1. The van der Waals surface area contributed by atoms with E-state index in [2.05, 4.69) is 26.2 Å². The summed E-state index contributed by atoms with van der Waals surface area (Å²) in [6.07, 6.45) is 0.273. The van der Waals surface area contributed by atoms with Crippen LogP contribution in [0.15, 0.2) is 34.1 Å².